The lowest BCUT2D eigenvalue weighted by Gasteiger charge is -2.16. The summed E-state index contributed by atoms with van der Waals surface area (Å²) in [4.78, 5) is 0. The van der Waals surface area contributed by atoms with Gasteiger partial charge in [0, 0.05) is 11.2 Å². The molecule has 4 heteroatoms. The van der Waals surface area contributed by atoms with Gasteiger partial charge in [-0.15, -0.1) is 0 Å². The molecule has 0 radical (unpaired) electrons. The molecule has 2 aromatic carbocycles. The predicted octanol–water partition coefficient (Wildman–Crippen LogP) is 4.25. The predicted molar refractivity (Wildman–Crippen MR) is 79.6 cm³/mol. The van der Waals surface area contributed by atoms with Crippen LogP contribution in [-0.4, -0.2) is 11.9 Å². The lowest BCUT2D eigenvalue weighted by Crippen LogP contribution is -2.12. The zero-order valence-corrected chi connectivity index (χ0v) is 12.3. The van der Waals surface area contributed by atoms with Crippen molar-refractivity contribution in [2.24, 2.45) is 0 Å². The Morgan fingerprint density at radius 1 is 1.20 bits per heavy atom. The molecular weight excluding hydrogens is 321 g/mol. The fourth-order valence-corrected chi connectivity index (χ4v) is 2.39. The highest BCUT2D eigenvalue weighted by atomic mass is 79.9. The van der Waals surface area contributed by atoms with E-state index in [0.29, 0.717) is 6.61 Å². The van der Waals surface area contributed by atoms with Gasteiger partial charge in [-0.25, -0.2) is 4.39 Å². The van der Waals surface area contributed by atoms with E-state index in [-0.39, 0.29) is 17.2 Å². The van der Waals surface area contributed by atoms with Crippen molar-refractivity contribution in [2.45, 2.75) is 5.92 Å². The summed E-state index contributed by atoms with van der Waals surface area (Å²) in [6.45, 7) is 0.373. The first-order valence-corrected chi connectivity index (χ1v) is 7.30. The van der Waals surface area contributed by atoms with Crippen molar-refractivity contribution in [1.29, 1.82) is 5.26 Å². The number of rotatable bonds is 5. The Bertz CT molecular complexity index is 610. The Hall–Kier alpha value is -1.86. The van der Waals surface area contributed by atoms with Crippen LogP contribution in [0.1, 0.15) is 17.0 Å². The molecule has 0 heterocycles. The Balaban J connectivity index is 2.06. The summed E-state index contributed by atoms with van der Waals surface area (Å²) in [7, 11) is 0. The largest absolute Gasteiger partial charge is 0.490 e. The van der Waals surface area contributed by atoms with Gasteiger partial charge < -0.3 is 4.74 Å². The molecule has 0 amide bonds. The molecule has 0 N–H and O–H groups in total. The number of nitriles is 1. The van der Waals surface area contributed by atoms with Gasteiger partial charge in [-0.1, -0.05) is 46.3 Å². The lowest BCUT2D eigenvalue weighted by atomic mass is 10.0. The van der Waals surface area contributed by atoms with E-state index in [1.807, 2.05) is 36.4 Å². The van der Waals surface area contributed by atoms with Gasteiger partial charge in [-0.3, -0.25) is 0 Å². The van der Waals surface area contributed by atoms with Gasteiger partial charge in [0.25, 0.3) is 0 Å². The average molecular weight is 334 g/mol. The van der Waals surface area contributed by atoms with Crippen molar-refractivity contribution in [3.8, 4) is 11.8 Å². The molecule has 0 bridgehead atoms. The number of nitrogens with zero attached hydrogens (tertiary/aromatic N) is 1. The third-order valence-electron chi connectivity index (χ3n) is 2.96. The second kappa shape index (κ2) is 7.06. The highest BCUT2D eigenvalue weighted by Gasteiger charge is 2.12. The number of hydrogen-bond donors (Lipinski definition) is 0. The minimum Gasteiger partial charge on any atom is -0.490 e. The van der Waals surface area contributed by atoms with Gasteiger partial charge in [-0.2, -0.15) is 5.26 Å². The third-order valence-corrected chi connectivity index (χ3v) is 3.74. The molecule has 20 heavy (non-hydrogen) atoms. The molecule has 1 atom stereocenters. The summed E-state index contributed by atoms with van der Waals surface area (Å²) in [6.07, 6.45) is 0. The monoisotopic (exact) mass is 333 g/mol. The molecule has 0 aliphatic rings. The van der Waals surface area contributed by atoms with Crippen molar-refractivity contribution in [3.05, 3.63) is 65.5 Å². The van der Waals surface area contributed by atoms with Crippen molar-refractivity contribution in [3.63, 3.8) is 0 Å². The topological polar surface area (TPSA) is 33.0 Å². The van der Waals surface area contributed by atoms with Crippen LogP contribution in [-0.2, 0) is 0 Å². The summed E-state index contributed by atoms with van der Waals surface area (Å²) in [5.74, 6) is -0.192. The zero-order valence-electron chi connectivity index (χ0n) is 10.7. The van der Waals surface area contributed by atoms with Crippen molar-refractivity contribution < 1.29 is 9.13 Å². The fraction of sp³-hybridized carbons (Fsp3) is 0.188. The van der Waals surface area contributed by atoms with Crippen LogP contribution >= 0.6 is 15.9 Å². The molecule has 0 aliphatic heterocycles. The maximum absolute atomic E-state index is 13.7. The average Bonchev–Trinajstić information content (AvgIpc) is 2.50. The lowest BCUT2D eigenvalue weighted by molar-refractivity contribution is 0.284. The summed E-state index contributed by atoms with van der Waals surface area (Å²) in [6, 6.07) is 16.0. The first-order valence-electron chi connectivity index (χ1n) is 6.18. The number of benzene rings is 2. The SMILES string of the molecule is N#Cc1ccc(OCC(CBr)c2ccccc2)c(F)c1. The molecule has 0 saturated heterocycles. The summed E-state index contributed by atoms with van der Waals surface area (Å²) < 4.78 is 19.2. The highest BCUT2D eigenvalue weighted by Crippen LogP contribution is 2.23. The van der Waals surface area contributed by atoms with Gasteiger partial charge in [0.15, 0.2) is 11.6 Å². The molecule has 0 spiro atoms. The van der Waals surface area contributed by atoms with E-state index in [9.17, 15) is 4.39 Å². The van der Waals surface area contributed by atoms with E-state index in [2.05, 4.69) is 15.9 Å². The molecular formula is C16H13BrFNO. The van der Waals surface area contributed by atoms with E-state index in [1.54, 1.807) is 6.07 Å². The molecule has 0 fully saturated rings. The second-order valence-corrected chi connectivity index (χ2v) is 4.98. The molecule has 0 aliphatic carbocycles. The van der Waals surface area contributed by atoms with Crippen LogP contribution in [0, 0.1) is 17.1 Å². The van der Waals surface area contributed by atoms with E-state index in [0.717, 1.165) is 10.9 Å². The van der Waals surface area contributed by atoms with Gasteiger partial charge >= 0.3 is 0 Å². The molecule has 1 unspecified atom stereocenters. The van der Waals surface area contributed by atoms with Crippen LogP contribution < -0.4 is 4.74 Å². The quantitative estimate of drug-likeness (QED) is 0.766. The molecule has 2 aromatic rings. The number of ether oxygens (including phenoxy) is 1. The molecule has 102 valence electrons. The van der Waals surface area contributed by atoms with Crippen LogP contribution in [0.5, 0.6) is 5.75 Å². The zero-order chi connectivity index (χ0) is 14.4. The Labute approximate surface area is 125 Å². The van der Waals surface area contributed by atoms with Crippen molar-refractivity contribution in [1.82, 2.24) is 0 Å². The van der Waals surface area contributed by atoms with E-state index in [1.165, 1.54) is 12.1 Å². The maximum atomic E-state index is 13.7. The van der Waals surface area contributed by atoms with E-state index >= 15 is 0 Å². The summed E-state index contributed by atoms with van der Waals surface area (Å²) >= 11 is 3.45. The van der Waals surface area contributed by atoms with Gasteiger partial charge in [0.05, 0.1) is 18.2 Å². The number of hydrogen-bond acceptors (Lipinski definition) is 2. The Kier molecular flexibility index (Phi) is 5.14. The van der Waals surface area contributed by atoms with Gasteiger partial charge in [-0.05, 0) is 23.8 Å². The van der Waals surface area contributed by atoms with Crippen molar-refractivity contribution >= 4 is 15.9 Å². The molecule has 0 saturated carbocycles. The van der Waals surface area contributed by atoms with Crippen LogP contribution in [0.3, 0.4) is 0 Å². The maximum Gasteiger partial charge on any atom is 0.166 e. The Morgan fingerprint density at radius 3 is 2.55 bits per heavy atom. The minimum atomic E-state index is -0.509. The fourth-order valence-electron chi connectivity index (χ4n) is 1.83. The van der Waals surface area contributed by atoms with Crippen LogP contribution in [0.2, 0.25) is 0 Å². The standard InChI is InChI=1S/C16H13BrFNO/c17-9-14(13-4-2-1-3-5-13)11-20-16-7-6-12(10-19)8-15(16)18/h1-8,14H,9,11H2. The molecule has 2 nitrogen and oxygen atoms in total. The normalized spacial score (nSPS) is 11.7. The second-order valence-electron chi connectivity index (χ2n) is 4.33. The molecule has 2 rings (SSSR count). The summed E-state index contributed by atoms with van der Waals surface area (Å²) in [5, 5.41) is 9.43. The smallest absolute Gasteiger partial charge is 0.166 e. The summed E-state index contributed by atoms with van der Waals surface area (Å²) in [5.41, 5.74) is 1.42. The van der Waals surface area contributed by atoms with E-state index in [4.69, 9.17) is 10.00 Å². The third kappa shape index (κ3) is 3.58. The highest BCUT2D eigenvalue weighted by molar-refractivity contribution is 9.09. The van der Waals surface area contributed by atoms with Crippen LogP contribution in [0.15, 0.2) is 48.5 Å². The number of halogens is 2. The Morgan fingerprint density at radius 2 is 1.95 bits per heavy atom. The van der Waals surface area contributed by atoms with E-state index < -0.39 is 5.82 Å². The van der Waals surface area contributed by atoms with Crippen molar-refractivity contribution in [2.75, 3.05) is 11.9 Å². The number of alkyl halides is 1. The first kappa shape index (κ1) is 14.5. The molecule has 0 aromatic heterocycles. The van der Waals surface area contributed by atoms with Crippen LogP contribution in [0.4, 0.5) is 4.39 Å². The van der Waals surface area contributed by atoms with Gasteiger partial charge in [0.1, 0.15) is 0 Å². The van der Waals surface area contributed by atoms with Crippen LogP contribution in [0.25, 0.3) is 0 Å². The first-order chi connectivity index (χ1) is 9.74. The van der Waals surface area contributed by atoms with Gasteiger partial charge in [0.2, 0.25) is 0 Å². The minimum absolute atomic E-state index is 0.145.